The maximum atomic E-state index is 12.7. The van der Waals surface area contributed by atoms with E-state index in [4.69, 9.17) is 4.52 Å². The van der Waals surface area contributed by atoms with E-state index in [2.05, 4.69) is 21.1 Å². The van der Waals surface area contributed by atoms with Crippen LogP contribution in [0.4, 0.5) is 16.3 Å². The van der Waals surface area contributed by atoms with Crippen LogP contribution in [0.5, 0.6) is 0 Å². The summed E-state index contributed by atoms with van der Waals surface area (Å²) in [6.07, 6.45) is 1.04. The Hall–Kier alpha value is -3.36. The summed E-state index contributed by atoms with van der Waals surface area (Å²) in [6, 6.07) is 4.89. The topological polar surface area (TPSA) is 117 Å². The van der Waals surface area contributed by atoms with E-state index in [0.29, 0.717) is 25.3 Å². The average Bonchev–Trinajstić information content (AvgIpc) is 3.24. The monoisotopic (exact) mass is 397 g/mol. The molecule has 29 heavy (non-hydrogen) atoms. The maximum absolute atomic E-state index is 12.7. The summed E-state index contributed by atoms with van der Waals surface area (Å²) < 4.78 is 5.48. The predicted molar refractivity (Wildman–Crippen MR) is 105 cm³/mol. The zero-order valence-electron chi connectivity index (χ0n) is 16.4. The van der Waals surface area contributed by atoms with Crippen LogP contribution in [0.25, 0.3) is 0 Å². The van der Waals surface area contributed by atoms with Crippen LogP contribution in [0.2, 0.25) is 0 Å². The number of amides is 4. The van der Waals surface area contributed by atoms with E-state index < -0.39 is 12.1 Å². The second-order valence-corrected chi connectivity index (χ2v) is 7.44. The van der Waals surface area contributed by atoms with Gasteiger partial charge in [-0.2, -0.15) is 0 Å². The highest BCUT2D eigenvalue weighted by molar-refractivity contribution is 6.04. The predicted octanol–water partition coefficient (Wildman–Crippen LogP) is 1.91. The number of para-hydroxylation sites is 1. The van der Waals surface area contributed by atoms with Crippen LogP contribution in [0, 0.1) is 13.8 Å². The van der Waals surface area contributed by atoms with Gasteiger partial charge < -0.3 is 20.1 Å². The van der Waals surface area contributed by atoms with Crippen LogP contribution in [0.15, 0.2) is 22.7 Å². The molecule has 0 unspecified atom stereocenters. The SMILES string of the molecule is Cc1cccc(C)c1Nc1noc2c1CN(C(=O)CC[C@H]1NC(=O)NC1=O)CC2. The number of imide groups is 1. The zero-order valence-corrected chi connectivity index (χ0v) is 16.4. The summed E-state index contributed by atoms with van der Waals surface area (Å²) in [4.78, 5) is 37.2. The third-order valence-corrected chi connectivity index (χ3v) is 5.41. The average molecular weight is 397 g/mol. The highest BCUT2D eigenvalue weighted by Crippen LogP contribution is 2.31. The van der Waals surface area contributed by atoms with Gasteiger partial charge in [-0.05, 0) is 31.4 Å². The van der Waals surface area contributed by atoms with E-state index in [-0.39, 0.29) is 24.7 Å². The number of anilines is 2. The van der Waals surface area contributed by atoms with Crippen molar-refractivity contribution in [2.75, 3.05) is 11.9 Å². The molecule has 0 bridgehead atoms. The lowest BCUT2D eigenvalue weighted by molar-refractivity contribution is -0.132. The van der Waals surface area contributed by atoms with Gasteiger partial charge in [0, 0.05) is 25.1 Å². The van der Waals surface area contributed by atoms with Crippen LogP contribution in [0.1, 0.15) is 35.3 Å². The summed E-state index contributed by atoms with van der Waals surface area (Å²) in [6.45, 7) is 4.98. The molecule has 1 atom stereocenters. The van der Waals surface area contributed by atoms with Gasteiger partial charge in [0.2, 0.25) is 5.91 Å². The highest BCUT2D eigenvalue weighted by atomic mass is 16.5. The second-order valence-electron chi connectivity index (χ2n) is 7.44. The number of hydrogen-bond acceptors (Lipinski definition) is 6. The number of benzene rings is 1. The fourth-order valence-corrected chi connectivity index (χ4v) is 3.74. The van der Waals surface area contributed by atoms with Gasteiger partial charge in [-0.25, -0.2) is 4.79 Å². The Labute approximate surface area is 167 Å². The van der Waals surface area contributed by atoms with Crippen molar-refractivity contribution in [1.82, 2.24) is 20.7 Å². The first-order chi connectivity index (χ1) is 13.9. The quantitative estimate of drug-likeness (QED) is 0.664. The molecular weight excluding hydrogens is 374 g/mol. The van der Waals surface area contributed by atoms with E-state index in [0.717, 1.165) is 28.1 Å². The van der Waals surface area contributed by atoms with Crippen LogP contribution in [0.3, 0.4) is 0 Å². The molecule has 4 rings (SSSR count). The number of hydrogen-bond donors (Lipinski definition) is 3. The van der Waals surface area contributed by atoms with Crippen molar-refractivity contribution in [1.29, 1.82) is 0 Å². The number of aromatic nitrogens is 1. The van der Waals surface area contributed by atoms with Crippen molar-refractivity contribution in [2.24, 2.45) is 0 Å². The summed E-state index contributed by atoms with van der Waals surface area (Å²) in [5, 5.41) is 12.2. The fourth-order valence-electron chi connectivity index (χ4n) is 3.74. The van der Waals surface area contributed by atoms with E-state index in [1.807, 2.05) is 32.0 Å². The standard InChI is InChI=1S/C20H23N5O4/c1-11-4-3-5-12(2)17(11)22-18-13-10-25(9-8-15(13)29-24-18)16(26)7-6-14-19(27)23-20(28)21-14/h3-5,14H,6-10H2,1-2H3,(H,22,24)(H2,21,23,27,28)/t14-/m1/s1. The van der Waals surface area contributed by atoms with Gasteiger partial charge in [0.15, 0.2) is 5.82 Å². The largest absolute Gasteiger partial charge is 0.359 e. The molecule has 3 heterocycles. The lowest BCUT2D eigenvalue weighted by Crippen LogP contribution is -2.37. The normalized spacial score (nSPS) is 18.3. The molecule has 2 aliphatic rings. The van der Waals surface area contributed by atoms with Crippen LogP contribution >= 0.6 is 0 Å². The number of carbonyl (C=O) groups is 3. The zero-order chi connectivity index (χ0) is 20.5. The van der Waals surface area contributed by atoms with Gasteiger partial charge in [0.05, 0.1) is 12.1 Å². The van der Waals surface area contributed by atoms with Crippen LogP contribution in [-0.4, -0.2) is 40.5 Å². The number of fused-ring (bicyclic) bond motifs is 1. The Balaban J connectivity index is 1.43. The minimum Gasteiger partial charge on any atom is -0.359 e. The molecule has 3 N–H and O–H groups in total. The van der Waals surface area contributed by atoms with Gasteiger partial charge in [-0.15, -0.1) is 0 Å². The number of nitrogens with zero attached hydrogens (tertiary/aromatic N) is 2. The number of nitrogens with one attached hydrogen (secondary N) is 3. The van der Waals surface area contributed by atoms with Crippen LogP contribution < -0.4 is 16.0 Å². The first kappa shape index (κ1) is 19.0. The molecule has 1 aromatic heterocycles. The lowest BCUT2D eigenvalue weighted by atomic mass is 10.1. The molecule has 1 fully saturated rings. The van der Waals surface area contributed by atoms with Crippen LogP contribution in [-0.2, 0) is 22.6 Å². The molecular formula is C20H23N5O4. The van der Waals surface area contributed by atoms with Crippen molar-refractivity contribution in [3.63, 3.8) is 0 Å². The summed E-state index contributed by atoms with van der Waals surface area (Å²) in [7, 11) is 0. The maximum Gasteiger partial charge on any atom is 0.322 e. The molecule has 1 aromatic carbocycles. The molecule has 2 aliphatic heterocycles. The number of urea groups is 1. The first-order valence-electron chi connectivity index (χ1n) is 9.62. The Morgan fingerprint density at radius 2 is 2.07 bits per heavy atom. The van der Waals surface area contributed by atoms with E-state index in [9.17, 15) is 14.4 Å². The van der Waals surface area contributed by atoms with Crippen molar-refractivity contribution >= 4 is 29.4 Å². The number of rotatable bonds is 5. The molecule has 0 radical (unpaired) electrons. The molecule has 9 heteroatoms. The lowest BCUT2D eigenvalue weighted by Gasteiger charge is -2.26. The number of aryl methyl sites for hydroxylation is 2. The molecule has 0 saturated carbocycles. The van der Waals surface area contributed by atoms with E-state index in [1.54, 1.807) is 4.90 Å². The summed E-state index contributed by atoms with van der Waals surface area (Å²) in [5.74, 6) is 0.953. The van der Waals surface area contributed by atoms with Gasteiger partial charge >= 0.3 is 6.03 Å². The van der Waals surface area contributed by atoms with Gasteiger partial charge in [-0.1, -0.05) is 23.4 Å². The van der Waals surface area contributed by atoms with E-state index >= 15 is 0 Å². The third-order valence-electron chi connectivity index (χ3n) is 5.41. The summed E-state index contributed by atoms with van der Waals surface area (Å²) in [5.41, 5.74) is 4.05. The molecule has 0 spiro atoms. The molecule has 152 valence electrons. The highest BCUT2D eigenvalue weighted by Gasteiger charge is 2.32. The second kappa shape index (κ2) is 7.57. The molecule has 9 nitrogen and oxygen atoms in total. The Morgan fingerprint density at radius 3 is 2.76 bits per heavy atom. The van der Waals surface area contributed by atoms with Gasteiger partial charge in [0.25, 0.3) is 5.91 Å². The van der Waals surface area contributed by atoms with Crippen molar-refractivity contribution in [2.45, 2.75) is 45.7 Å². The Kier molecular flexibility index (Phi) is 4.96. The third kappa shape index (κ3) is 3.80. The minimum absolute atomic E-state index is 0.0659. The van der Waals surface area contributed by atoms with Crippen molar-refractivity contribution < 1.29 is 18.9 Å². The molecule has 0 aliphatic carbocycles. The smallest absolute Gasteiger partial charge is 0.322 e. The van der Waals surface area contributed by atoms with Gasteiger partial charge in [0.1, 0.15) is 11.8 Å². The summed E-state index contributed by atoms with van der Waals surface area (Å²) >= 11 is 0. The minimum atomic E-state index is -0.649. The fraction of sp³-hybridized carbons (Fsp3) is 0.400. The number of carbonyl (C=O) groups excluding carboxylic acids is 3. The van der Waals surface area contributed by atoms with Crippen molar-refractivity contribution in [3.8, 4) is 0 Å². The Bertz CT molecular complexity index is 963. The van der Waals surface area contributed by atoms with E-state index in [1.165, 1.54) is 0 Å². The molecule has 4 amide bonds. The Morgan fingerprint density at radius 1 is 1.31 bits per heavy atom. The first-order valence-corrected chi connectivity index (χ1v) is 9.62. The molecule has 1 saturated heterocycles. The van der Waals surface area contributed by atoms with Gasteiger partial charge in [-0.3, -0.25) is 14.9 Å². The molecule has 2 aromatic rings. The van der Waals surface area contributed by atoms with Crippen molar-refractivity contribution in [3.05, 3.63) is 40.6 Å².